The summed E-state index contributed by atoms with van der Waals surface area (Å²) in [6, 6.07) is 0. The minimum Gasteiger partial charge on any atom is -0.481 e. The van der Waals surface area contributed by atoms with E-state index in [-0.39, 0.29) is 0 Å². The van der Waals surface area contributed by atoms with Crippen molar-refractivity contribution in [3.63, 3.8) is 0 Å². The quantitative estimate of drug-likeness (QED) is 0.818. The van der Waals surface area contributed by atoms with Crippen LogP contribution in [0.5, 0.6) is 0 Å². The van der Waals surface area contributed by atoms with Gasteiger partial charge in [-0.15, -0.1) is 0 Å². The van der Waals surface area contributed by atoms with Gasteiger partial charge in [-0.3, -0.25) is 4.79 Å². The Bertz CT molecular complexity index is 392. The first-order valence-electron chi connectivity index (χ1n) is 6.15. The molecule has 0 amide bonds. The minimum atomic E-state index is -0.707. The van der Waals surface area contributed by atoms with Crippen molar-refractivity contribution in [3.05, 3.63) is 11.4 Å². The Morgan fingerprint density at radius 3 is 2.41 bits per heavy atom. The molecule has 1 aliphatic carbocycles. The van der Waals surface area contributed by atoms with Crippen LogP contribution < -0.4 is 0 Å². The molecule has 2 rings (SSSR count). The van der Waals surface area contributed by atoms with E-state index < -0.39 is 11.4 Å². The van der Waals surface area contributed by atoms with Gasteiger partial charge in [-0.25, -0.2) is 4.63 Å². The van der Waals surface area contributed by atoms with Crippen molar-refractivity contribution in [1.29, 1.82) is 0 Å². The van der Waals surface area contributed by atoms with Crippen molar-refractivity contribution in [1.82, 2.24) is 10.3 Å². The van der Waals surface area contributed by atoms with Crippen molar-refractivity contribution >= 4 is 5.97 Å². The minimum absolute atomic E-state index is 0.442. The third-order valence-electron chi connectivity index (χ3n) is 3.77. The van der Waals surface area contributed by atoms with E-state index in [1.54, 1.807) is 6.92 Å². The third-order valence-corrected chi connectivity index (χ3v) is 3.77. The summed E-state index contributed by atoms with van der Waals surface area (Å²) >= 11 is 0. The van der Waals surface area contributed by atoms with Crippen LogP contribution in [0.3, 0.4) is 0 Å². The molecule has 0 atom stereocenters. The summed E-state index contributed by atoms with van der Waals surface area (Å²) in [5.74, 6) is -0.707. The molecule has 1 saturated carbocycles. The molecular formula is C12H18N2O3. The van der Waals surface area contributed by atoms with Gasteiger partial charge in [0.1, 0.15) is 11.4 Å². The molecule has 0 saturated heterocycles. The predicted octanol–water partition coefficient (Wildman–Crippen LogP) is 2.35. The summed E-state index contributed by atoms with van der Waals surface area (Å²) in [7, 11) is 0. The van der Waals surface area contributed by atoms with Crippen LogP contribution in [0.4, 0.5) is 0 Å². The molecule has 5 heteroatoms. The number of carboxylic acids is 1. The maximum absolute atomic E-state index is 11.6. The first kappa shape index (κ1) is 12.1. The van der Waals surface area contributed by atoms with Gasteiger partial charge in [0.15, 0.2) is 0 Å². The maximum Gasteiger partial charge on any atom is 0.310 e. The van der Waals surface area contributed by atoms with Crippen LogP contribution >= 0.6 is 0 Å². The van der Waals surface area contributed by atoms with Crippen molar-refractivity contribution in [3.8, 4) is 0 Å². The summed E-state index contributed by atoms with van der Waals surface area (Å²) in [6.45, 7) is 1.80. The lowest BCUT2D eigenvalue weighted by molar-refractivity contribution is -0.150. The summed E-state index contributed by atoms with van der Waals surface area (Å²) in [5.41, 5.74) is 0.726. The van der Waals surface area contributed by atoms with Crippen molar-refractivity contribution in [2.45, 2.75) is 51.9 Å². The number of hydrogen-bond acceptors (Lipinski definition) is 4. The molecule has 0 unspecified atom stereocenters. The van der Waals surface area contributed by atoms with Gasteiger partial charge >= 0.3 is 5.97 Å². The number of carboxylic acid groups (broad SMARTS) is 1. The Balaban J connectivity index is 2.21. The standard InChI is InChI=1S/C12H18N2O3/c1-9-10(14-17-13-9)8-12(11(15)16)6-4-2-3-5-7-12/h2-8H2,1H3,(H,15,16). The van der Waals surface area contributed by atoms with E-state index in [2.05, 4.69) is 14.9 Å². The highest BCUT2D eigenvalue weighted by atomic mass is 16.6. The molecule has 1 fully saturated rings. The van der Waals surface area contributed by atoms with Crippen LogP contribution in [0, 0.1) is 12.3 Å². The fourth-order valence-electron chi connectivity index (χ4n) is 2.60. The van der Waals surface area contributed by atoms with E-state index in [1.165, 1.54) is 0 Å². The average Bonchev–Trinajstić information content (AvgIpc) is 2.54. The number of aliphatic carboxylic acids is 1. The highest BCUT2D eigenvalue weighted by Gasteiger charge is 2.40. The molecule has 1 aromatic rings. The summed E-state index contributed by atoms with van der Waals surface area (Å²) < 4.78 is 4.65. The van der Waals surface area contributed by atoms with Gasteiger partial charge in [-0.05, 0) is 19.8 Å². The van der Waals surface area contributed by atoms with Gasteiger partial charge in [0, 0.05) is 6.42 Å². The van der Waals surface area contributed by atoms with Crippen molar-refractivity contribution in [2.24, 2.45) is 5.41 Å². The second kappa shape index (κ2) is 4.85. The molecule has 0 spiro atoms. The average molecular weight is 238 g/mol. The lowest BCUT2D eigenvalue weighted by atomic mass is 9.76. The van der Waals surface area contributed by atoms with Gasteiger partial charge < -0.3 is 5.11 Å². The normalized spacial score (nSPS) is 19.8. The van der Waals surface area contributed by atoms with Crippen LogP contribution in [0.2, 0.25) is 0 Å². The SMILES string of the molecule is Cc1nonc1CC1(C(=O)O)CCCCCC1. The number of carbonyl (C=O) groups is 1. The first-order chi connectivity index (χ1) is 8.14. The van der Waals surface area contributed by atoms with Gasteiger partial charge in [0.05, 0.1) is 5.41 Å². The summed E-state index contributed by atoms with van der Waals surface area (Å²) in [6.07, 6.45) is 6.13. The predicted molar refractivity (Wildman–Crippen MR) is 60.5 cm³/mol. The van der Waals surface area contributed by atoms with Crippen molar-refractivity contribution < 1.29 is 14.5 Å². The second-order valence-electron chi connectivity index (χ2n) is 4.97. The van der Waals surface area contributed by atoms with E-state index in [1.807, 2.05) is 0 Å². The monoisotopic (exact) mass is 238 g/mol. The fourth-order valence-corrected chi connectivity index (χ4v) is 2.60. The molecule has 1 N–H and O–H groups in total. The highest BCUT2D eigenvalue weighted by Crippen LogP contribution is 2.38. The Kier molecular flexibility index (Phi) is 3.45. The molecule has 0 aliphatic heterocycles. The van der Waals surface area contributed by atoms with Gasteiger partial charge in [0.25, 0.3) is 0 Å². The molecule has 0 radical (unpaired) electrons. The van der Waals surface area contributed by atoms with E-state index >= 15 is 0 Å². The zero-order valence-electron chi connectivity index (χ0n) is 10.1. The number of rotatable bonds is 3. The smallest absolute Gasteiger partial charge is 0.310 e. The van der Waals surface area contributed by atoms with Gasteiger partial charge in [0.2, 0.25) is 0 Å². The summed E-state index contributed by atoms with van der Waals surface area (Å²) in [5, 5.41) is 17.1. The zero-order chi connectivity index (χ0) is 12.3. The number of aromatic nitrogens is 2. The molecule has 0 aromatic carbocycles. The number of nitrogens with zero attached hydrogens (tertiary/aromatic N) is 2. The Hall–Kier alpha value is -1.39. The van der Waals surface area contributed by atoms with Crippen molar-refractivity contribution in [2.75, 3.05) is 0 Å². The van der Waals surface area contributed by atoms with E-state index in [0.29, 0.717) is 17.8 Å². The molecule has 5 nitrogen and oxygen atoms in total. The molecule has 1 aromatic heterocycles. The van der Waals surface area contributed by atoms with E-state index in [4.69, 9.17) is 0 Å². The topological polar surface area (TPSA) is 76.2 Å². The van der Waals surface area contributed by atoms with E-state index in [0.717, 1.165) is 38.5 Å². The molecule has 17 heavy (non-hydrogen) atoms. The van der Waals surface area contributed by atoms with Crippen LogP contribution in [0.15, 0.2) is 4.63 Å². The zero-order valence-corrected chi connectivity index (χ0v) is 10.1. The number of hydrogen-bond donors (Lipinski definition) is 1. The van der Waals surface area contributed by atoms with Gasteiger partial charge in [-0.1, -0.05) is 36.0 Å². The molecule has 1 heterocycles. The Morgan fingerprint density at radius 1 is 1.29 bits per heavy atom. The van der Waals surface area contributed by atoms with Gasteiger partial charge in [-0.2, -0.15) is 0 Å². The highest BCUT2D eigenvalue weighted by molar-refractivity contribution is 5.75. The lowest BCUT2D eigenvalue weighted by Gasteiger charge is -2.26. The summed E-state index contributed by atoms with van der Waals surface area (Å²) in [4.78, 5) is 11.6. The molecular weight excluding hydrogens is 220 g/mol. The molecule has 0 bridgehead atoms. The van der Waals surface area contributed by atoms with Crippen LogP contribution in [0.1, 0.15) is 49.9 Å². The van der Waals surface area contributed by atoms with Crippen LogP contribution in [-0.2, 0) is 11.2 Å². The Labute approximate surface area is 100 Å². The maximum atomic E-state index is 11.6. The van der Waals surface area contributed by atoms with Crippen LogP contribution in [-0.4, -0.2) is 21.4 Å². The molecule has 94 valence electrons. The largest absolute Gasteiger partial charge is 0.481 e. The number of aryl methyl sites for hydroxylation is 1. The third kappa shape index (κ3) is 2.48. The first-order valence-corrected chi connectivity index (χ1v) is 6.15. The van der Waals surface area contributed by atoms with Crippen LogP contribution in [0.25, 0.3) is 0 Å². The Morgan fingerprint density at radius 2 is 1.94 bits per heavy atom. The van der Waals surface area contributed by atoms with E-state index in [9.17, 15) is 9.90 Å². The molecule has 1 aliphatic rings. The fraction of sp³-hybridized carbons (Fsp3) is 0.750. The second-order valence-corrected chi connectivity index (χ2v) is 4.97. The lowest BCUT2D eigenvalue weighted by Crippen LogP contribution is -2.33.